The van der Waals surface area contributed by atoms with Crippen LogP contribution in [0.25, 0.3) is 0 Å². The summed E-state index contributed by atoms with van der Waals surface area (Å²) in [5, 5.41) is 2.67. The van der Waals surface area contributed by atoms with E-state index in [9.17, 15) is 9.18 Å². The molecule has 94 valence electrons. The van der Waals surface area contributed by atoms with E-state index < -0.39 is 5.82 Å². The van der Waals surface area contributed by atoms with Crippen LogP contribution in [0.1, 0.15) is 25.7 Å². The Balaban J connectivity index is 1.67. The molecule has 0 saturated heterocycles. The molecule has 2 aliphatic carbocycles. The Labute approximate surface area is 105 Å². The minimum Gasteiger partial charge on any atom is -0.307 e. The van der Waals surface area contributed by atoms with E-state index in [-0.39, 0.29) is 5.91 Å². The Morgan fingerprint density at radius 1 is 1.28 bits per heavy atom. The summed E-state index contributed by atoms with van der Waals surface area (Å²) < 4.78 is 12.7. The van der Waals surface area contributed by atoms with Crippen LogP contribution < -0.4 is 5.32 Å². The maximum Gasteiger partial charge on any atom is 0.249 e. The number of allylic oxidation sites excluding steroid dienone is 1. The van der Waals surface area contributed by atoms with E-state index in [0.717, 1.165) is 6.20 Å². The summed E-state index contributed by atoms with van der Waals surface area (Å²) in [5.74, 6) is 1.10. The van der Waals surface area contributed by atoms with Crippen molar-refractivity contribution in [1.29, 1.82) is 0 Å². The molecule has 1 aromatic heterocycles. The molecule has 0 spiro atoms. The molecule has 2 aliphatic rings. The molecule has 18 heavy (non-hydrogen) atoms. The van der Waals surface area contributed by atoms with Gasteiger partial charge in [0, 0.05) is 6.08 Å². The first-order chi connectivity index (χ1) is 8.72. The molecular formula is C14H15FN2O. The maximum absolute atomic E-state index is 12.7. The topological polar surface area (TPSA) is 42.0 Å². The second kappa shape index (κ2) is 4.52. The Kier molecular flexibility index (Phi) is 2.86. The van der Waals surface area contributed by atoms with Gasteiger partial charge in [0.05, 0.1) is 6.20 Å². The Bertz CT molecular complexity index is 473. The Morgan fingerprint density at radius 2 is 1.94 bits per heavy atom. The number of carbonyl (C=O) groups is 1. The van der Waals surface area contributed by atoms with Crippen LogP contribution in [0.2, 0.25) is 0 Å². The molecule has 2 saturated carbocycles. The van der Waals surface area contributed by atoms with Crippen molar-refractivity contribution in [3.63, 3.8) is 0 Å². The molecule has 4 heteroatoms. The molecule has 0 radical (unpaired) electrons. The molecular weight excluding hydrogens is 231 g/mol. The fraction of sp³-hybridized carbons (Fsp3) is 0.429. The summed E-state index contributed by atoms with van der Waals surface area (Å²) in [4.78, 5) is 15.7. The van der Waals surface area contributed by atoms with Crippen molar-refractivity contribution in [3.8, 4) is 0 Å². The lowest BCUT2D eigenvalue weighted by atomic mass is 10.1. The number of aromatic nitrogens is 1. The normalized spacial score (nSPS) is 18.3. The predicted octanol–water partition coefficient (Wildman–Crippen LogP) is 2.91. The van der Waals surface area contributed by atoms with Crippen LogP contribution in [0.4, 0.5) is 10.2 Å². The van der Waals surface area contributed by atoms with Crippen molar-refractivity contribution in [1.82, 2.24) is 4.98 Å². The molecule has 3 rings (SSSR count). The third-order valence-corrected chi connectivity index (χ3v) is 3.37. The van der Waals surface area contributed by atoms with E-state index in [4.69, 9.17) is 0 Å². The lowest BCUT2D eigenvalue weighted by Gasteiger charge is -2.05. The average molecular weight is 246 g/mol. The fourth-order valence-electron chi connectivity index (χ4n) is 2.17. The molecule has 3 nitrogen and oxygen atoms in total. The van der Waals surface area contributed by atoms with Crippen LogP contribution in [0, 0.1) is 17.7 Å². The molecule has 1 N–H and O–H groups in total. The van der Waals surface area contributed by atoms with E-state index in [1.807, 2.05) is 0 Å². The van der Waals surface area contributed by atoms with Crippen LogP contribution in [0.3, 0.4) is 0 Å². The van der Waals surface area contributed by atoms with Gasteiger partial charge in [-0.05, 0) is 49.7 Å². The zero-order chi connectivity index (χ0) is 12.5. The molecule has 1 heterocycles. The summed E-state index contributed by atoms with van der Waals surface area (Å²) in [6.07, 6.45) is 7.67. The third kappa shape index (κ3) is 2.75. The summed E-state index contributed by atoms with van der Waals surface area (Å²) in [7, 11) is 0. The highest BCUT2D eigenvalue weighted by Crippen LogP contribution is 2.48. The minimum absolute atomic E-state index is 0.150. The van der Waals surface area contributed by atoms with Gasteiger partial charge in [0.25, 0.3) is 0 Å². The van der Waals surface area contributed by atoms with Gasteiger partial charge in [0.1, 0.15) is 11.6 Å². The van der Waals surface area contributed by atoms with Crippen LogP contribution in [-0.2, 0) is 4.79 Å². The van der Waals surface area contributed by atoms with Crippen molar-refractivity contribution in [2.75, 3.05) is 5.32 Å². The molecule has 0 bridgehead atoms. The largest absolute Gasteiger partial charge is 0.307 e. The van der Waals surface area contributed by atoms with Crippen molar-refractivity contribution in [2.24, 2.45) is 11.8 Å². The van der Waals surface area contributed by atoms with Gasteiger partial charge >= 0.3 is 0 Å². The summed E-state index contributed by atoms with van der Waals surface area (Å²) in [6, 6.07) is 2.75. The summed E-state index contributed by atoms with van der Waals surface area (Å²) >= 11 is 0. The number of carbonyl (C=O) groups excluding carboxylic acids is 1. The number of nitrogens with one attached hydrogen (secondary N) is 1. The van der Waals surface area contributed by atoms with Gasteiger partial charge in [-0.2, -0.15) is 0 Å². The lowest BCUT2D eigenvalue weighted by molar-refractivity contribution is -0.112. The number of amides is 1. The average Bonchev–Trinajstić information content (AvgIpc) is 3.22. The van der Waals surface area contributed by atoms with E-state index in [1.165, 1.54) is 43.4 Å². The first-order valence-corrected chi connectivity index (χ1v) is 6.36. The highest BCUT2D eigenvalue weighted by Gasteiger charge is 2.36. The van der Waals surface area contributed by atoms with E-state index in [0.29, 0.717) is 17.7 Å². The second-order valence-electron chi connectivity index (χ2n) is 5.04. The summed E-state index contributed by atoms with van der Waals surface area (Å²) in [6.45, 7) is 0. The van der Waals surface area contributed by atoms with Crippen LogP contribution >= 0.6 is 0 Å². The number of rotatable bonds is 4. The van der Waals surface area contributed by atoms with Gasteiger partial charge in [-0.1, -0.05) is 5.57 Å². The standard InChI is InChI=1S/C14H15FN2O/c15-11-5-6-13(16-8-11)17-14(18)7-12(9-1-2-9)10-3-4-10/h5-10H,1-4H2,(H,16,17,18). The number of halogens is 1. The number of nitrogens with zero attached hydrogens (tertiary/aromatic N) is 1. The third-order valence-electron chi connectivity index (χ3n) is 3.37. The number of pyridine rings is 1. The van der Waals surface area contributed by atoms with Crippen molar-refractivity contribution >= 4 is 11.7 Å². The van der Waals surface area contributed by atoms with Crippen LogP contribution in [0.15, 0.2) is 30.0 Å². The molecule has 0 atom stereocenters. The Hall–Kier alpha value is -1.71. The van der Waals surface area contributed by atoms with Gasteiger partial charge in [0.15, 0.2) is 0 Å². The zero-order valence-electron chi connectivity index (χ0n) is 10.0. The Morgan fingerprint density at radius 3 is 2.44 bits per heavy atom. The minimum atomic E-state index is -0.403. The van der Waals surface area contributed by atoms with E-state index in [1.54, 1.807) is 6.08 Å². The zero-order valence-corrected chi connectivity index (χ0v) is 10.0. The number of hydrogen-bond donors (Lipinski definition) is 1. The maximum atomic E-state index is 12.7. The summed E-state index contributed by atoms with van der Waals surface area (Å²) in [5.41, 5.74) is 1.30. The highest BCUT2D eigenvalue weighted by molar-refractivity contribution is 5.99. The van der Waals surface area contributed by atoms with Crippen molar-refractivity contribution in [2.45, 2.75) is 25.7 Å². The predicted molar refractivity (Wildman–Crippen MR) is 66.4 cm³/mol. The van der Waals surface area contributed by atoms with Crippen LogP contribution in [0.5, 0.6) is 0 Å². The van der Waals surface area contributed by atoms with Crippen molar-refractivity contribution in [3.05, 3.63) is 35.8 Å². The van der Waals surface area contributed by atoms with Gasteiger partial charge in [0.2, 0.25) is 5.91 Å². The molecule has 0 aliphatic heterocycles. The smallest absolute Gasteiger partial charge is 0.249 e. The number of hydrogen-bond acceptors (Lipinski definition) is 2. The van der Waals surface area contributed by atoms with Crippen LogP contribution in [-0.4, -0.2) is 10.9 Å². The van der Waals surface area contributed by atoms with Crippen molar-refractivity contribution < 1.29 is 9.18 Å². The van der Waals surface area contributed by atoms with Gasteiger partial charge in [-0.3, -0.25) is 4.79 Å². The lowest BCUT2D eigenvalue weighted by Crippen LogP contribution is -2.11. The monoisotopic (exact) mass is 246 g/mol. The molecule has 1 amide bonds. The fourth-order valence-corrected chi connectivity index (χ4v) is 2.17. The second-order valence-corrected chi connectivity index (χ2v) is 5.04. The number of anilines is 1. The first kappa shape index (κ1) is 11.4. The highest BCUT2D eigenvalue weighted by atomic mass is 19.1. The molecule has 1 aromatic rings. The molecule has 0 unspecified atom stereocenters. The van der Waals surface area contributed by atoms with Gasteiger partial charge < -0.3 is 5.32 Å². The molecule has 0 aromatic carbocycles. The first-order valence-electron chi connectivity index (χ1n) is 6.36. The van der Waals surface area contributed by atoms with Gasteiger partial charge in [-0.25, -0.2) is 9.37 Å². The van der Waals surface area contributed by atoms with E-state index >= 15 is 0 Å². The quantitative estimate of drug-likeness (QED) is 0.830. The molecule has 2 fully saturated rings. The SMILES string of the molecule is O=C(C=C(C1CC1)C1CC1)Nc1ccc(F)cn1. The van der Waals surface area contributed by atoms with E-state index in [2.05, 4.69) is 10.3 Å². The van der Waals surface area contributed by atoms with Gasteiger partial charge in [-0.15, -0.1) is 0 Å².